The minimum atomic E-state index is -0.473. The number of aromatic nitrogens is 3. The molecule has 1 fully saturated rings. The Morgan fingerprint density at radius 1 is 1.32 bits per heavy atom. The lowest BCUT2D eigenvalue weighted by Gasteiger charge is -2.23. The molecule has 7 nitrogen and oxygen atoms in total. The molecular formula is C20H25N5O2S. The summed E-state index contributed by atoms with van der Waals surface area (Å²) in [6.07, 6.45) is 8.92. The molecule has 2 aromatic heterocycles. The second-order valence-corrected chi connectivity index (χ2v) is 7.64. The third kappa shape index (κ3) is 5.01. The minimum absolute atomic E-state index is 0.0742. The molecule has 0 radical (unpaired) electrons. The van der Waals surface area contributed by atoms with Gasteiger partial charge in [-0.15, -0.1) is 11.8 Å². The monoisotopic (exact) mass is 399 g/mol. The van der Waals surface area contributed by atoms with Gasteiger partial charge < -0.3 is 10.2 Å². The summed E-state index contributed by atoms with van der Waals surface area (Å²) in [7, 11) is 0. The molecule has 2 amide bonds. The first-order chi connectivity index (χ1) is 13.6. The largest absolute Gasteiger partial charge is 0.317 e. The molecule has 148 valence electrons. The quantitative estimate of drug-likeness (QED) is 0.724. The Hall–Kier alpha value is -2.61. The summed E-state index contributed by atoms with van der Waals surface area (Å²) in [4.78, 5) is 30.9. The smallest absolute Gasteiger partial charge is 0.250 e. The van der Waals surface area contributed by atoms with Gasteiger partial charge in [0.25, 0.3) is 5.91 Å². The molecule has 2 aromatic rings. The number of aryl methyl sites for hydroxylation is 2. The van der Waals surface area contributed by atoms with Crippen molar-refractivity contribution in [2.45, 2.75) is 39.3 Å². The fourth-order valence-electron chi connectivity index (χ4n) is 3.04. The number of thioether (sulfide) groups is 1. The van der Waals surface area contributed by atoms with E-state index in [0.717, 1.165) is 12.8 Å². The van der Waals surface area contributed by atoms with E-state index in [0.29, 0.717) is 29.6 Å². The molecule has 1 unspecified atom stereocenters. The van der Waals surface area contributed by atoms with Gasteiger partial charge >= 0.3 is 0 Å². The molecule has 0 spiro atoms. The van der Waals surface area contributed by atoms with E-state index < -0.39 is 6.04 Å². The fourth-order valence-corrected chi connectivity index (χ4v) is 4.19. The standard InChI is InChI=1S/C20H25N5O2S/c1-3-4-15(2)20(27)25-14-28-13-17(25)19(26)22-18-8-12-24(23-18)11-7-16-5-9-21-10-6-16/h4-6,8-10,12,17H,3,7,11,13-14H2,1-2H3,(H,22,23,26). The summed E-state index contributed by atoms with van der Waals surface area (Å²) < 4.78 is 1.80. The van der Waals surface area contributed by atoms with E-state index in [9.17, 15) is 9.59 Å². The first-order valence-electron chi connectivity index (χ1n) is 9.37. The van der Waals surface area contributed by atoms with Gasteiger partial charge in [-0.1, -0.05) is 13.0 Å². The van der Waals surface area contributed by atoms with Gasteiger partial charge in [0.15, 0.2) is 5.82 Å². The van der Waals surface area contributed by atoms with Crippen LogP contribution in [0.1, 0.15) is 25.8 Å². The van der Waals surface area contributed by atoms with E-state index in [1.807, 2.05) is 31.3 Å². The van der Waals surface area contributed by atoms with Crippen molar-refractivity contribution < 1.29 is 9.59 Å². The number of carbonyl (C=O) groups excluding carboxylic acids is 2. The Kier molecular flexibility index (Phi) is 6.86. The molecule has 1 saturated heterocycles. The highest BCUT2D eigenvalue weighted by atomic mass is 32.2. The average Bonchev–Trinajstić information content (AvgIpc) is 3.36. The van der Waals surface area contributed by atoms with Gasteiger partial charge in [0, 0.05) is 42.5 Å². The summed E-state index contributed by atoms with van der Waals surface area (Å²) in [5.74, 6) is 1.37. The third-order valence-electron chi connectivity index (χ3n) is 4.56. The number of anilines is 1. The number of carbonyl (C=O) groups is 2. The number of pyridine rings is 1. The first-order valence-corrected chi connectivity index (χ1v) is 10.5. The normalized spacial score (nSPS) is 17.0. The summed E-state index contributed by atoms with van der Waals surface area (Å²) in [5.41, 5.74) is 1.87. The molecule has 28 heavy (non-hydrogen) atoms. The zero-order valence-electron chi connectivity index (χ0n) is 16.2. The Labute approximate surface area is 169 Å². The second-order valence-electron chi connectivity index (χ2n) is 6.64. The average molecular weight is 400 g/mol. The highest BCUT2D eigenvalue weighted by Crippen LogP contribution is 2.24. The number of rotatable bonds is 7. The van der Waals surface area contributed by atoms with E-state index in [1.165, 1.54) is 5.56 Å². The van der Waals surface area contributed by atoms with Gasteiger partial charge in [-0.05, 0) is 37.5 Å². The second kappa shape index (κ2) is 9.54. The number of allylic oxidation sites excluding steroid dienone is 1. The van der Waals surface area contributed by atoms with Crippen LogP contribution in [0, 0.1) is 0 Å². The molecule has 0 aliphatic carbocycles. The van der Waals surface area contributed by atoms with Crippen molar-refractivity contribution >= 4 is 29.4 Å². The van der Waals surface area contributed by atoms with Crippen LogP contribution < -0.4 is 5.32 Å². The van der Waals surface area contributed by atoms with Gasteiger partial charge in [-0.3, -0.25) is 19.3 Å². The van der Waals surface area contributed by atoms with Crippen molar-refractivity contribution in [3.63, 3.8) is 0 Å². The van der Waals surface area contributed by atoms with Crippen molar-refractivity contribution in [1.29, 1.82) is 0 Å². The van der Waals surface area contributed by atoms with E-state index >= 15 is 0 Å². The Morgan fingerprint density at radius 3 is 2.86 bits per heavy atom. The number of nitrogens with zero attached hydrogens (tertiary/aromatic N) is 4. The number of hydrogen-bond donors (Lipinski definition) is 1. The van der Waals surface area contributed by atoms with Gasteiger partial charge in [0.05, 0.1) is 5.88 Å². The van der Waals surface area contributed by atoms with Gasteiger partial charge in [-0.25, -0.2) is 0 Å². The molecule has 3 rings (SSSR count). The van der Waals surface area contributed by atoms with Crippen LogP contribution in [0.25, 0.3) is 0 Å². The molecule has 1 aliphatic heterocycles. The minimum Gasteiger partial charge on any atom is -0.317 e. The topological polar surface area (TPSA) is 80.1 Å². The number of hydrogen-bond acceptors (Lipinski definition) is 5. The lowest BCUT2D eigenvalue weighted by atomic mass is 10.2. The SMILES string of the molecule is CCC=C(C)C(=O)N1CSCC1C(=O)Nc1ccn(CCc2ccncc2)n1. The molecule has 1 N–H and O–H groups in total. The van der Waals surface area contributed by atoms with Crippen molar-refractivity contribution in [3.8, 4) is 0 Å². The predicted molar refractivity (Wildman–Crippen MR) is 111 cm³/mol. The van der Waals surface area contributed by atoms with Crippen LogP contribution in [0.15, 0.2) is 48.4 Å². The number of amides is 2. The molecule has 0 aromatic carbocycles. The van der Waals surface area contributed by atoms with E-state index in [2.05, 4.69) is 15.4 Å². The zero-order valence-corrected chi connectivity index (χ0v) is 17.0. The first kappa shape index (κ1) is 20.1. The van der Waals surface area contributed by atoms with E-state index in [-0.39, 0.29) is 11.8 Å². The van der Waals surface area contributed by atoms with Crippen molar-refractivity contribution in [1.82, 2.24) is 19.7 Å². The summed E-state index contributed by atoms with van der Waals surface area (Å²) in [6.45, 7) is 4.50. The molecule has 3 heterocycles. The third-order valence-corrected chi connectivity index (χ3v) is 5.58. The van der Waals surface area contributed by atoms with Crippen LogP contribution in [-0.4, -0.2) is 49.2 Å². The summed E-state index contributed by atoms with van der Waals surface area (Å²) in [6, 6.07) is 5.26. The van der Waals surface area contributed by atoms with Crippen LogP contribution in [-0.2, 0) is 22.6 Å². The Balaban J connectivity index is 1.57. The number of nitrogens with one attached hydrogen (secondary N) is 1. The molecule has 8 heteroatoms. The molecule has 1 aliphatic rings. The maximum absolute atomic E-state index is 12.7. The van der Waals surface area contributed by atoms with Crippen molar-refractivity contribution in [2.24, 2.45) is 0 Å². The maximum atomic E-state index is 12.7. The molecular weight excluding hydrogens is 374 g/mol. The Morgan fingerprint density at radius 2 is 2.11 bits per heavy atom. The van der Waals surface area contributed by atoms with Gasteiger partial charge in [0.1, 0.15) is 6.04 Å². The molecule has 0 saturated carbocycles. The highest BCUT2D eigenvalue weighted by Gasteiger charge is 2.35. The fraction of sp³-hybridized carbons (Fsp3) is 0.400. The summed E-state index contributed by atoms with van der Waals surface area (Å²) >= 11 is 1.59. The van der Waals surface area contributed by atoms with Crippen LogP contribution >= 0.6 is 11.8 Å². The van der Waals surface area contributed by atoms with Crippen molar-refractivity contribution in [3.05, 3.63) is 54.0 Å². The summed E-state index contributed by atoms with van der Waals surface area (Å²) in [5, 5.41) is 7.27. The van der Waals surface area contributed by atoms with Crippen LogP contribution in [0.3, 0.4) is 0 Å². The maximum Gasteiger partial charge on any atom is 0.250 e. The van der Waals surface area contributed by atoms with Crippen LogP contribution in [0.2, 0.25) is 0 Å². The molecule has 0 bridgehead atoms. The molecule has 1 atom stereocenters. The van der Waals surface area contributed by atoms with Gasteiger partial charge in [0.2, 0.25) is 5.91 Å². The predicted octanol–water partition coefficient (Wildman–Crippen LogP) is 2.72. The lowest BCUT2D eigenvalue weighted by Crippen LogP contribution is -2.44. The zero-order chi connectivity index (χ0) is 19.9. The highest BCUT2D eigenvalue weighted by molar-refractivity contribution is 7.99. The van der Waals surface area contributed by atoms with Crippen LogP contribution in [0.4, 0.5) is 5.82 Å². The van der Waals surface area contributed by atoms with Crippen LogP contribution in [0.5, 0.6) is 0 Å². The van der Waals surface area contributed by atoms with Gasteiger partial charge in [-0.2, -0.15) is 5.10 Å². The van der Waals surface area contributed by atoms with E-state index in [4.69, 9.17) is 0 Å². The lowest BCUT2D eigenvalue weighted by molar-refractivity contribution is -0.133. The Bertz CT molecular complexity index is 849. The van der Waals surface area contributed by atoms with Crippen molar-refractivity contribution in [2.75, 3.05) is 16.9 Å². The van der Waals surface area contributed by atoms with E-state index in [1.54, 1.807) is 46.7 Å².